The molecule has 96 heavy (non-hydrogen) atoms. The highest BCUT2D eigenvalue weighted by molar-refractivity contribution is 6.06. The van der Waals surface area contributed by atoms with Crippen LogP contribution in [0.5, 0.6) is 0 Å². The molecule has 0 aliphatic heterocycles. The van der Waals surface area contributed by atoms with Crippen molar-refractivity contribution in [2.24, 2.45) is 68.0 Å². The van der Waals surface area contributed by atoms with Gasteiger partial charge in [-0.15, -0.1) is 0 Å². The fourth-order valence-corrected chi connectivity index (χ4v) is 9.75. The zero-order chi connectivity index (χ0) is 74.1. The number of esters is 9. The summed E-state index contributed by atoms with van der Waals surface area (Å²) in [5.41, 5.74) is -11.3. The summed E-state index contributed by atoms with van der Waals surface area (Å²) in [6.45, 7) is 11.7. The van der Waals surface area contributed by atoms with Crippen LogP contribution in [-0.2, 0) is 100 Å². The van der Waals surface area contributed by atoms with Gasteiger partial charge in [0.2, 0.25) is 38.6 Å². The lowest BCUT2D eigenvalue weighted by Gasteiger charge is -2.15. The number of hydrogen-bond donors (Lipinski definition) is 3. The zero-order valence-corrected chi connectivity index (χ0v) is 54.2. The van der Waals surface area contributed by atoms with Gasteiger partial charge in [0.25, 0.3) is 0 Å². The summed E-state index contributed by atoms with van der Waals surface area (Å²) >= 11 is 0. The Morgan fingerprint density at radius 2 is 0.438 bits per heavy atom. The highest BCUT2D eigenvalue weighted by Gasteiger charge is 2.75. The van der Waals surface area contributed by atoms with E-state index in [0.29, 0.717) is 38.5 Å². The van der Waals surface area contributed by atoms with Crippen molar-refractivity contribution >= 4 is 71.6 Å². The largest absolute Gasteiger partial charge is 0.480 e. The normalized spacial score (nSPS) is 24.8. The molecule has 3 N–H and O–H groups in total. The number of hydrogen-bond acceptors (Lipinski definition) is 21. The van der Waals surface area contributed by atoms with Crippen molar-refractivity contribution < 1.29 is 168 Å². The zero-order valence-electron chi connectivity index (χ0n) is 54.2. The fourth-order valence-electron chi connectivity index (χ4n) is 9.75. The lowest BCUT2D eigenvalue weighted by Crippen LogP contribution is -2.33. The van der Waals surface area contributed by atoms with E-state index < -0.39 is 178 Å². The molecule has 0 saturated heterocycles. The van der Waals surface area contributed by atoms with Crippen molar-refractivity contribution in [3.8, 4) is 0 Å². The molecule has 0 heterocycles. The Labute approximate surface area is 544 Å². The highest BCUT2D eigenvalue weighted by atomic mass is 19.3. The SMILES string of the molecule is CCCCOC(=O)C1(C(=O)OCCCC)CC1C(F)F.CCCCOC(=O)[C@@]1(C(=O)O)C[C@H]1C(F)F.CCCOC(=O)C1(C(=O)OCCC)CC1C(F)F.CCCOC(=O)[C@@]1(C(=O)O)C[C@H]1C(F)F.COC(=O)C1(C(=O)OC)CC1C(F)F.COC(=O)[C@@]1(C(=O)O)C[C@H]1C(F)F. The molecular weight excluding hydrogens is 1330 g/mol. The van der Waals surface area contributed by atoms with E-state index in [2.05, 4.69) is 18.9 Å². The quantitative estimate of drug-likeness (QED) is 0.0181. The lowest BCUT2D eigenvalue weighted by molar-refractivity contribution is -0.168. The van der Waals surface area contributed by atoms with Crippen LogP contribution in [0.2, 0.25) is 0 Å². The summed E-state index contributed by atoms with van der Waals surface area (Å²) in [5, 5.41) is 26.2. The van der Waals surface area contributed by atoms with Crippen LogP contribution in [0.3, 0.4) is 0 Å². The van der Waals surface area contributed by atoms with E-state index in [4.69, 9.17) is 39.0 Å². The molecule has 0 radical (unpaired) electrons. The van der Waals surface area contributed by atoms with Gasteiger partial charge in [0, 0.05) is 35.5 Å². The molecule has 0 amide bonds. The van der Waals surface area contributed by atoms with Crippen molar-refractivity contribution in [1.29, 1.82) is 0 Å². The molecular formula is C60H84F12O24. The first-order valence-electron chi connectivity index (χ1n) is 30.6. The van der Waals surface area contributed by atoms with E-state index in [0.717, 1.165) is 40.6 Å². The molecule has 6 rings (SSSR count). The first-order chi connectivity index (χ1) is 44.9. The molecule has 0 spiro atoms. The van der Waals surface area contributed by atoms with Crippen molar-refractivity contribution in [3.05, 3.63) is 0 Å². The van der Waals surface area contributed by atoms with Crippen LogP contribution in [0.25, 0.3) is 0 Å². The predicted octanol–water partition coefficient (Wildman–Crippen LogP) is 9.21. The number of carbonyl (C=O) groups is 12. The number of halogens is 12. The average molecular weight is 1420 g/mol. The molecule has 0 aromatic heterocycles. The molecule has 24 nitrogen and oxygen atoms in total. The van der Waals surface area contributed by atoms with Crippen LogP contribution < -0.4 is 0 Å². The van der Waals surface area contributed by atoms with E-state index in [1.165, 1.54) is 0 Å². The molecule has 6 aliphatic carbocycles. The van der Waals surface area contributed by atoms with Gasteiger partial charge in [0.15, 0.2) is 32.5 Å². The van der Waals surface area contributed by atoms with Gasteiger partial charge in [-0.2, -0.15) is 0 Å². The van der Waals surface area contributed by atoms with Gasteiger partial charge < -0.3 is 58.0 Å². The number of carboxylic acid groups (broad SMARTS) is 3. The maximum absolute atomic E-state index is 12.8. The Bertz CT molecular complexity index is 2590. The molecule has 36 heteroatoms. The van der Waals surface area contributed by atoms with E-state index >= 15 is 0 Å². The Kier molecular flexibility index (Phi) is 35.0. The van der Waals surface area contributed by atoms with Crippen LogP contribution in [0.15, 0.2) is 0 Å². The molecule has 552 valence electrons. The minimum Gasteiger partial charge on any atom is -0.480 e. The monoisotopic (exact) mass is 1420 g/mol. The third kappa shape index (κ3) is 20.7. The topological polar surface area (TPSA) is 349 Å². The summed E-state index contributed by atoms with van der Waals surface area (Å²) in [6, 6.07) is 0. The van der Waals surface area contributed by atoms with Crippen LogP contribution in [0.4, 0.5) is 52.7 Å². The number of ether oxygens (including phenoxy) is 9. The summed E-state index contributed by atoms with van der Waals surface area (Å²) < 4.78 is 191. The lowest BCUT2D eigenvalue weighted by atomic mass is 10.0. The van der Waals surface area contributed by atoms with Crippen LogP contribution in [-0.4, -0.2) is 186 Å². The van der Waals surface area contributed by atoms with Crippen LogP contribution in [0, 0.1) is 68.0 Å². The van der Waals surface area contributed by atoms with Crippen molar-refractivity contribution in [2.45, 2.75) is 176 Å². The second-order valence-corrected chi connectivity index (χ2v) is 23.0. The molecule has 6 aliphatic rings. The van der Waals surface area contributed by atoms with Gasteiger partial charge in [0.05, 0.1) is 61.0 Å². The average Bonchev–Trinajstić information content (AvgIpc) is 1.63. The van der Waals surface area contributed by atoms with Gasteiger partial charge in [-0.3, -0.25) is 57.5 Å². The molecule has 0 bridgehead atoms. The summed E-state index contributed by atoms with van der Waals surface area (Å²) in [6.07, 6.45) is -12.1. The Morgan fingerprint density at radius 3 is 0.594 bits per heavy atom. The Hall–Kier alpha value is -7.20. The number of methoxy groups -OCH3 is 3. The van der Waals surface area contributed by atoms with E-state index in [1.807, 2.05) is 20.8 Å². The number of aliphatic carboxylic acids is 3. The number of unbranched alkanes of at least 4 members (excludes halogenated alkanes) is 3. The van der Waals surface area contributed by atoms with Crippen LogP contribution >= 0.6 is 0 Å². The maximum Gasteiger partial charge on any atom is 0.324 e. The smallest absolute Gasteiger partial charge is 0.324 e. The molecule has 9 atom stereocenters. The summed E-state index contributed by atoms with van der Waals surface area (Å²) in [5.74, 6) is -21.1. The van der Waals surface area contributed by atoms with Gasteiger partial charge in [-0.1, -0.05) is 60.8 Å². The van der Waals surface area contributed by atoms with Gasteiger partial charge >= 0.3 is 71.6 Å². The Balaban J connectivity index is 0.000000579. The second-order valence-electron chi connectivity index (χ2n) is 23.0. The molecule has 0 aromatic carbocycles. The molecule has 0 aromatic rings. The predicted molar refractivity (Wildman–Crippen MR) is 300 cm³/mol. The summed E-state index contributed by atoms with van der Waals surface area (Å²) in [7, 11) is 3.08. The maximum atomic E-state index is 12.8. The van der Waals surface area contributed by atoms with Gasteiger partial charge in [-0.05, 0) is 77.0 Å². The van der Waals surface area contributed by atoms with Crippen molar-refractivity contribution in [1.82, 2.24) is 0 Å². The highest BCUT2D eigenvalue weighted by Crippen LogP contribution is 2.61. The molecule has 6 saturated carbocycles. The van der Waals surface area contributed by atoms with E-state index in [9.17, 15) is 110 Å². The minimum absolute atomic E-state index is 0.0593. The number of carboxylic acids is 3. The third-order valence-electron chi connectivity index (χ3n) is 16.4. The van der Waals surface area contributed by atoms with Gasteiger partial charge in [-0.25, -0.2) is 52.7 Å². The summed E-state index contributed by atoms with van der Waals surface area (Å²) in [4.78, 5) is 135. The standard InChI is InChI=1S/C14H22F2O4.C12H18F2O4.C10H14F2O4.C9H12F2O4.C8H10F2O4.C7H8F2O4/c1-3-5-7-19-12(17)14(9-10(14)11(15)16)13(18)20-8-6-4-2;1-3-5-17-10(15)12(7-8(12)9(13)14)11(16)18-6-4-2;1-2-3-4-16-9(15)10(8(13)14)5-6(10)7(11)12;1-2-3-15-8(14)9(7(12)13)4-5(9)6(10)11;1-13-6(11)8(7(12)14-2)3-4(8)5(9)10;1-13-6(12)7(5(10)11)2-3(7)4(8)9/h10-11H,3-9H2,1-2H3;8-9H,3-7H2,1-2H3;6-7H,2-5H2,1H3,(H,13,14);5-6H,2-4H2,1H3,(H,12,13);4-5H,3H2,1-2H3;3-4H,2H2,1H3,(H,10,11)/t;;6-,10-;5-,9-;;3-,7-/m..00.0/s1. The number of alkyl halides is 12. The van der Waals surface area contributed by atoms with E-state index in [-0.39, 0.29) is 78.2 Å². The first-order valence-corrected chi connectivity index (χ1v) is 30.6. The Morgan fingerprint density at radius 1 is 0.281 bits per heavy atom. The van der Waals surface area contributed by atoms with Gasteiger partial charge in [0.1, 0.15) is 0 Å². The fraction of sp³-hybridized carbons (Fsp3) is 0.800. The molecule has 3 unspecified atom stereocenters. The van der Waals surface area contributed by atoms with Crippen LogP contribution in [0.1, 0.15) is 138 Å². The minimum atomic E-state index is -2.80. The van der Waals surface area contributed by atoms with Crippen molar-refractivity contribution in [3.63, 3.8) is 0 Å². The van der Waals surface area contributed by atoms with E-state index in [1.54, 1.807) is 20.8 Å². The number of rotatable bonds is 33. The third-order valence-corrected chi connectivity index (χ3v) is 16.4. The molecule has 6 fully saturated rings. The number of carbonyl (C=O) groups excluding carboxylic acids is 9. The van der Waals surface area contributed by atoms with Crippen molar-refractivity contribution in [2.75, 3.05) is 61.0 Å². The first kappa shape index (κ1) is 86.8. The second kappa shape index (κ2) is 38.7.